The number of para-hydroxylation sites is 2. The zero-order chi connectivity index (χ0) is 15.2. The number of hydrogen-bond acceptors (Lipinski definition) is 3. The van der Waals surface area contributed by atoms with Crippen LogP contribution in [-0.2, 0) is 0 Å². The Morgan fingerprint density at radius 2 is 1.81 bits per heavy atom. The fourth-order valence-corrected chi connectivity index (χ4v) is 3.37. The molecule has 1 atom stereocenters. The summed E-state index contributed by atoms with van der Waals surface area (Å²) in [5, 5.41) is 0. The molecule has 2 N–H and O–H groups in total. The van der Waals surface area contributed by atoms with Gasteiger partial charge in [-0.15, -0.1) is 0 Å². The fraction of sp³-hybridized carbons (Fsp3) is 0.667. The molecule has 118 valence electrons. The monoisotopic (exact) mass is 289 g/mol. The summed E-state index contributed by atoms with van der Waals surface area (Å²) < 4.78 is 0. The first-order valence-corrected chi connectivity index (χ1v) is 8.38. The Labute approximate surface area is 130 Å². The second-order valence-corrected chi connectivity index (χ2v) is 6.62. The summed E-state index contributed by atoms with van der Waals surface area (Å²) in [6.07, 6.45) is 3.72. The number of likely N-dealkylation sites (N-methyl/N-ethyl adjacent to an activating group) is 1. The summed E-state index contributed by atoms with van der Waals surface area (Å²) in [4.78, 5) is 4.91. The summed E-state index contributed by atoms with van der Waals surface area (Å²) >= 11 is 0. The molecule has 0 amide bonds. The van der Waals surface area contributed by atoms with Crippen molar-refractivity contribution >= 4 is 11.4 Å². The van der Waals surface area contributed by atoms with Crippen LogP contribution in [-0.4, -0.2) is 33.2 Å². The first-order valence-electron chi connectivity index (χ1n) is 8.38. The molecule has 3 heteroatoms. The summed E-state index contributed by atoms with van der Waals surface area (Å²) in [6, 6.07) is 8.77. The van der Waals surface area contributed by atoms with E-state index in [1.54, 1.807) is 0 Å². The molecule has 1 unspecified atom stereocenters. The number of nitrogens with two attached hydrogens (primary N) is 1. The minimum Gasteiger partial charge on any atom is -0.371 e. The molecule has 1 aliphatic heterocycles. The minimum absolute atomic E-state index is 0.744. The van der Waals surface area contributed by atoms with Crippen LogP contribution in [0, 0.1) is 11.8 Å². The molecule has 0 aromatic heterocycles. The maximum Gasteiger partial charge on any atom is 0.0604 e. The number of anilines is 2. The molecule has 1 aromatic rings. The third-order valence-corrected chi connectivity index (χ3v) is 4.82. The van der Waals surface area contributed by atoms with Crippen LogP contribution in [0.1, 0.15) is 33.1 Å². The van der Waals surface area contributed by atoms with Crippen molar-refractivity contribution in [3.63, 3.8) is 0 Å². The van der Waals surface area contributed by atoms with Gasteiger partial charge in [-0.1, -0.05) is 26.0 Å². The van der Waals surface area contributed by atoms with Gasteiger partial charge in [0, 0.05) is 26.7 Å². The first kappa shape index (κ1) is 16.2. The highest BCUT2D eigenvalue weighted by Crippen LogP contribution is 2.32. The Kier molecular flexibility index (Phi) is 5.92. The van der Waals surface area contributed by atoms with Crippen LogP contribution in [0.15, 0.2) is 24.3 Å². The number of nitrogens with zero attached hydrogens (tertiary/aromatic N) is 2. The number of rotatable bonds is 7. The second kappa shape index (κ2) is 7.69. The Balaban J connectivity index is 1.91. The Hall–Kier alpha value is -1.22. The fourth-order valence-electron chi connectivity index (χ4n) is 3.37. The molecule has 1 aliphatic rings. The predicted molar refractivity (Wildman–Crippen MR) is 93.2 cm³/mol. The SMILES string of the molecule is CC(C)C(CCN)CCCN1CCN(C)c2ccccc21. The van der Waals surface area contributed by atoms with Crippen LogP contribution >= 0.6 is 0 Å². The van der Waals surface area contributed by atoms with Crippen LogP contribution in [0.3, 0.4) is 0 Å². The predicted octanol–water partition coefficient (Wildman–Crippen LogP) is 3.34. The molecule has 0 spiro atoms. The molecule has 0 radical (unpaired) electrons. The quantitative estimate of drug-likeness (QED) is 0.835. The van der Waals surface area contributed by atoms with Crippen LogP contribution in [0.2, 0.25) is 0 Å². The van der Waals surface area contributed by atoms with Gasteiger partial charge >= 0.3 is 0 Å². The maximum atomic E-state index is 5.74. The largest absolute Gasteiger partial charge is 0.371 e. The van der Waals surface area contributed by atoms with E-state index >= 15 is 0 Å². The van der Waals surface area contributed by atoms with Gasteiger partial charge in [0.05, 0.1) is 11.4 Å². The number of benzene rings is 1. The molecule has 3 nitrogen and oxygen atoms in total. The van der Waals surface area contributed by atoms with E-state index < -0.39 is 0 Å². The van der Waals surface area contributed by atoms with Gasteiger partial charge < -0.3 is 15.5 Å². The van der Waals surface area contributed by atoms with Gasteiger partial charge in [-0.05, 0) is 49.8 Å². The number of fused-ring (bicyclic) bond motifs is 1. The summed E-state index contributed by atoms with van der Waals surface area (Å²) in [5.41, 5.74) is 8.51. The van der Waals surface area contributed by atoms with Gasteiger partial charge in [0.25, 0.3) is 0 Å². The second-order valence-electron chi connectivity index (χ2n) is 6.62. The molecule has 0 saturated carbocycles. The standard InChI is InChI=1S/C18H31N3/c1-15(2)16(10-11-19)7-6-12-21-14-13-20(3)17-8-4-5-9-18(17)21/h4-5,8-9,15-16H,6-7,10-14,19H2,1-3H3. The van der Waals surface area contributed by atoms with Crippen LogP contribution in [0.5, 0.6) is 0 Å². The van der Waals surface area contributed by atoms with E-state index in [0.29, 0.717) is 0 Å². The molecule has 1 heterocycles. The third-order valence-electron chi connectivity index (χ3n) is 4.82. The Morgan fingerprint density at radius 1 is 1.10 bits per heavy atom. The number of hydrogen-bond donors (Lipinski definition) is 1. The van der Waals surface area contributed by atoms with Crippen molar-refractivity contribution in [3.05, 3.63) is 24.3 Å². The van der Waals surface area contributed by atoms with Crippen molar-refractivity contribution in [2.24, 2.45) is 17.6 Å². The van der Waals surface area contributed by atoms with Crippen molar-refractivity contribution in [2.45, 2.75) is 33.1 Å². The molecule has 0 aliphatic carbocycles. The highest BCUT2D eigenvalue weighted by atomic mass is 15.2. The normalized spacial score (nSPS) is 16.2. The van der Waals surface area contributed by atoms with Crippen LogP contribution in [0.4, 0.5) is 11.4 Å². The molecule has 0 fully saturated rings. The molecular weight excluding hydrogens is 258 g/mol. The van der Waals surface area contributed by atoms with Crippen LogP contribution < -0.4 is 15.5 Å². The topological polar surface area (TPSA) is 32.5 Å². The van der Waals surface area contributed by atoms with E-state index in [0.717, 1.165) is 37.9 Å². The van der Waals surface area contributed by atoms with Crippen LogP contribution in [0.25, 0.3) is 0 Å². The highest BCUT2D eigenvalue weighted by molar-refractivity contribution is 5.72. The lowest BCUT2D eigenvalue weighted by Gasteiger charge is -2.37. The maximum absolute atomic E-state index is 5.74. The van der Waals surface area contributed by atoms with Gasteiger partial charge in [-0.25, -0.2) is 0 Å². The van der Waals surface area contributed by atoms with E-state index in [4.69, 9.17) is 5.73 Å². The zero-order valence-electron chi connectivity index (χ0n) is 13.9. The zero-order valence-corrected chi connectivity index (χ0v) is 13.9. The van der Waals surface area contributed by atoms with Gasteiger partial charge in [-0.2, -0.15) is 0 Å². The molecule has 2 rings (SSSR count). The molecule has 0 bridgehead atoms. The van der Waals surface area contributed by atoms with Crippen molar-refractivity contribution < 1.29 is 0 Å². The van der Waals surface area contributed by atoms with Gasteiger partial charge in [0.15, 0.2) is 0 Å². The average molecular weight is 289 g/mol. The van der Waals surface area contributed by atoms with Crippen molar-refractivity contribution in [3.8, 4) is 0 Å². The van der Waals surface area contributed by atoms with E-state index in [1.165, 1.54) is 30.8 Å². The molecule has 1 aromatic carbocycles. The van der Waals surface area contributed by atoms with Gasteiger partial charge in [-0.3, -0.25) is 0 Å². The lowest BCUT2D eigenvalue weighted by molar-refractivity contribution is 0.334. The minimum atomic E-state index is 0.744. The van der Waals surface area contributed by atoms with E-state index in [-0.39, 0.29) is 0 Å². The molecule has 0 saturated heterocycles. The summed E-state index contributed by atoms with van der Waals surface area (Å²) in [5.74, 6) is 1.52. The van der Waals surface area contributed by atoms with E-state index in [9.17, 15) is 0 Å². The summed E-state index contributed by atoms with van der Waals surface area (Å²) in [6.45, 7) is 8.89. The highest BCUT2D eigenvalue weighted by Gasteiger charge is 2.20. The van der Waals surface area contributed by atoms with Gasteiger partial charge in [0.2, 0.25) is 0 Å². The van der Waals surface area contributed by atoms with Crippen molar-refractivity contribution in [1.82, 2.24) is 0 Å². The average Bonchev–Trinajstić information content (AvgIpc) is 2.48. The van der Waals surface area contributed by atoms with E-state index in [2.05, 4.69) is 55.0 Å². The van der Waals surface area contributed by atoms with Crippen molar-refractivity contribution in [2.75, 3.05) is 43.0 Å². The molecular formula is C18H31N3. The Bertz CT molecular complexity index is 430. The molecule has 21 heavy (non-hydrogen) atoms. The first-order chi connectivity index (χ1) is 10.1. The smallest absolute Gasteiger partial charge is 0.0604 e. The summed E-state index contributed by atoms with van der Waals surface area (Å²) in [7, 11) is 2.19. The van der Waals surface area contributed by atoms with Gasteiger partial charge in [0.1, 0.15) is 0 Å². The lowest BCUT2D eigenvalue weighted by Crippen LogP contribution is -2.39. The van der Waals surface area contributed by atoms with Crippen molar-refractivity contribution in [1.29, 1.82) is 0 Å². The van der Waals surface area contributed by atoms with E-state index in [1.807, 2.05) is 0 Å². The Morgan fingerprint density at radius 3 is 2.48 bits per heavy atom. The third kappa shape index (κ3) is 4.13. The lowest BCUT2D eigenvalue weighted by atomic mass is 9.88.